The van der Waals surface area contributed by atoms with E-state index in [1.54, 1.807) is 7.11 Å². The van der Waals surface area contributed by atoms with Gasteiger partial charge in [-0.1, -0.05) is 17.7 Å². The van der Waals surface area contributed by atoms with Gasteiger partial charge in [-0.2, -0.15) is 0 Å². The Hall–Kier alpha value is -0.730. The summed E-state index contributed by atoms with van der Waals surface area (Å²) in [5.74, 6) is 1.77. The molecule has 1 aromatic rings. The average Bonchev–Trinajstić information content (AvgIpc) is 3.23. The monoisotopic (exact) mass is 265 g/mol. The van der Waals surface area contributed by atoms with Gasteiger partial charge in [-0.05, 0) is 54.7 Å². The van der Waals surface area contributed by atoms with Crippen LogP contribution in [0.15, 0.2) is 18.2 Å². The van der Waals surface area contributed by atoms with Crippen molar-refractivity contribution < 1.29 is 4.74 Å². The van der Waals surface area contributed by atoms with Crippen LogP contribution in [0, 0.1) is 11.3 Å². The van der Waals surface area contributed by atoms with Crippen LogP contribution >= 0.6 is 11.6 Å². The SMILES string of the molecule is COc1ccc(CNCC2(C3CC3)CC2)cc1Cl. The molecule has 2 aliphatic rings. The summed E-state index contributed by atoms with van der Waals surface area (Å²) >= 11 is 6.12. The highest BCUT2D eigenvalue weighted by Crippen LogP contribution is 2.60. The number of methoxy groups -OCH3 is 1. The Morgan fingerprint density at radius 2 is 2.17 bits per heavy atom. The van der Waals surface area contributed by atoms with E-state index >= 15 is 0 Å². The van der Waals surface area contributed by atoms with Crippen LogP contribution in [0.4, 0.5) is 0 Å². The van der Waals surface area contributed by atoms with Crippen molar-refractivity contribution in [1.29, 1.82) is 0 Å². The van der Waals surface area contributed by atoms with Gasteiger partial charge in [-0.25, -0.2) is 0 Å². The first-order valence-electron chi connectivity index (χ1n) is 6.77. The predicted octanol–water partition coefficient (Wildman–Crippen LogP) is 3.63. The molecule has 3 rings (SSSR count). The van der Waals surface area contributed by atoms with E-state index in [1.165, 1.54) is 37.8 Å². The van der Waals surface area contributed by atoms with Gasteiger partial charge in [0.05, 0.1) is 12.1 Å². The lowest BCUT2D eigenvalue weighted by Crippen LogP contribution is -2.25. The predicted molar refractivity (Wildman–Crippen MR) is 74.1 cm³/mol. The third-order valence-electron chi connectivity index (χ3n) is 4.36. The maximum atomic E-state index is 6.12. The van der Waals surface area contributed by atoms with Crippen LogP contribution in [-0.2, 0) is 6.54 Å². The van der Waals surface area contributed by atoms with Gasteiger partial charge in [0.15, 0.2) is 0 Å². The molecule has 0 aromatic heterocycles. The second-order valence-electron chi connectivity index (χ2n) is 5.71. The second kappa shape index (κ2) is 4.75. The fourth-order valence-corrected chi connectivity index (χ4v) is 3.14. The van der Waals surface area contributed by atoms with Crippen molar-refractivity contribution in [2.45, 2.75) is 32.2 Å². The second-order valence-corrected chi connectivity index (χ2v) is 6.12. The lowest BCUT2D eigenvalue weighted by atomic mass is 10.0. The van der Waals surface area contributed by atoms with E-state index in [0.717, 1.165) is 18.2 Å². The molecule has 0 amide bonds. The summed E-state index contributed by atoms with van der Waals surface area (Å²) in [6, 6.07) is 6.01. The van der Waals surface area contributed by atoms with E-state index in [0.29, 0.717) is 10.4 Å². The number of hydrogen-bond acceptors (Lipinski definition) is 2. The summed E-state index contributed by atoms with van der Waals surface area (Å²) < 4.78 is 5.16. The minimum Gasteiger partial charge on any atom is -0.495 e. The lowest BCUT2D eigenvalue weighted by Gasteiger charge is -2.15. The molecule has 3 heteroatoms. The smallest absolute Gasteiger partial charge is 0.137 e. The van der Waals surface area contributed by atoms with Crippen molar-refractivity contribution in [2.75, 3.05) is 13.7 Å². The average molecular weight is 266 g/mol. The van der Waals surface area contributed by atoms with Gasteiger partial charge in [0.2, 0.25) is 0 Å². The molecule has 2 aliphatic carbocycles. The van der Waals surface area contributed by atoms with Gasteiger partial charge in [-0.15, -0.1) is 0 Å². The number of halogens is 1. The van der Waals surface area contributed by atoms with Crippen molar-refractivity contribution >= 4 is 11.6 Å². The number of nitrogens with one attached hydrogen (secondary N) is 1. The summed E-state index contributed by atoms with van der Waals surface area (Å²) in [6.07, 6.45) is 5.76. The summed E-state index contributed by atoms with van der Waals surface area (Å²) in [5.41, 5.74) is 1.89. The Morgan fingerprint density at radius 1 is 1.39 bits per heavy atom. The van der Waals surface area contributed by atoms with Gasteiger partial charge in [0.1, 0.15) is 5.75 Å². The van der Waals surface area contributed by atoms with Crippen LogP contribution in [0.1, 0.15) is 31.2 Å². The van der Waals surface area contributed by atoms with Crippen molar-refractivity contribution in [3.8, 4) is 5.75 Å². The van der Waals surface area contributed by atoms with E-state index in [2.05, 4.69) is 11.4 Å². The van der Waals surface area contributed by atoms with Crippen molar-refractivity contribution in [3.63, 3.8) is 0 Å². The fraction of sp³-hybridized carbons (Fsp3) is 0.600. The standard InChI is InChI=1S/C15H20ClNO/c1-18-14-5-2-11(8-13(14)16)9-17-10-15(6-7-15)12-3-4-12/h2,5,8,12,17H,3-4,6-7,9-10H2,1H3. The molecule has 0 bridgehead atoms. The summed E-state index contributed by atoms with van der Waals surface area (Å²) in [6.45, 7) is 2.07. The Bertz CT molecular complexity index is 438. The molecule has 1 aromatic carbocycles. The van der Waals surface area contributed by atoms with E-state index < -0.39 is 0 Å². The quantitative estimate of drug-likeness (QED) is 0.848. The molecule has 0 saturated heterocycles. The maximum absolute atomic E-state index is 6.12. The molecular weight excluding hydrogens is 246 g/mol. The van der Waals surface area contributed by atoms with Gasteiger partial charge in [0, 0.05) is 13.1 Å². The molecule has 0 heterocycles. The Morgan fingerprint density at radius 3 is 2.72 bits per heavy atom. The van der Waals surface area contributed by atoms with Crippen molar-refractivity contribution in [3.05, 3.63) is 28.8 Å². The highest BCUT2D eigenvalue weighted by atomic mass is 35.5. The summed E-state index contributed by atoms with van der Waals surface area (Å²) in [7, 11) is 1.64. The first kappa shape index (κ1) is 12.3. The topological polar surface area (TPSA) is 21.3 Å². The molecule has 18 heavy (non-hydrogen) atoms. The minimum absolute atomic E-state index is 0.663. The molecule has 2 nitrogen and oxygen atoms in total. The number of ether oxygens (including phenoxy) is 1. The number of rotatable bonds is 6. The molecule has 0 atom stereocenters. The number of hydrogen-bond donors (Lipinski definition) is 1. The van der Waals surface area contributed by atoms with Gasteiger partial charge < -0.3 is 10.1 Å². The Kier molecular flexibility index (Phi) is 3.25. The zero-order chi connectivity index (χ0) is 12.6. The molecule has 0 radical (unpaired) electrons. The van der Waals surface area contributed by atoms with Gasteiger partial charge in [-0.3, -0.25) is 0 Å². The molecule has 98 valence electrons. The minimum atomic E-state index is 0.663. The highest BCUT2D eigenvalue weighted by Gasteiger charge is 2.53. The fourth-order valence-electron chi connectivity index (χ4n) is 2.86. The first-order valence-corrected chi connectivity index (χ1v) is 7.14. The van der Waals surface area contributed by atoms with Crippen LogP contribution in [0.2, 0.25) is 5.02 Å². The number of benzene rings is 1. The van der Waals surface area contributed by atoms with E-state index in [-0.39, 0.29) is 0 Å². The van der Waals surface area contributed by atoms with Crippen molar-refractivity contribution in [1.82, 2.24) is 5.32 Å². The molecule has 1 N–H and O–H groups in total. The maximum Gasteiger partial charge on any atom is 0.137 e. The largest absolute Gasteiger partial charge is 0.495 e. The summed E-state index contributed by atoms with van der Waals surface area (Å²) in [4.78, 5) is 0. The van der Waals surface area contributed by atoms with E-state index in [1.807, 2.05) is 12.1 Å². The normalized spacial score (nSPS) is 20.8. The third kappa shape index (κ3) is 2.50. The van der Waals surface area contributed by atoms with Crippen molar-refractivity contribution in [2.24, 2.45) is 11.3 Å². The Labute approximate surface area is 114 Å². The molecule has 0 aliphatic heterocycles. The van der Waals surface area contributed by atoms with Gasteiger partial charge in [0.25, 0.3) is 0 Å². The molecule has 0 unspecified atom stereocenters. The zero-order valence-electron chi connectivity index (χ0n) is 10.8. The van der Waals surface area contributed by atoms with Crippen LogP contribution in [0.3, 0.4) is 0 Å². The molecule has 0 spiro atoms. The zero-order valence-corrected chi connectivity index (χ0v) is 11.6. The van der Waals surface area contributed by atoms with Crippen LogP contribution < -0.4 is 10.1 Å². The first-order chi connectivity index (χ1) is 8.73. The lowest BCUT2D eigenvalue weighted by molar-refractivity contribution is 0.403. The van der Waals surface area contributed by atoms with Crippen LogP contribution in [0.5, 0.6) is 5.75 Å². The molecule has 2 fully saturated rings. The Balaban J connectivity index is 1.52. The molecule has 2 saturated carbocycles. The molecular formula is C15H20ClNO. The van der Waals surface area contributed by atoms with Gasteiger partial charge >= 0.3 is 0 Å². The van der Waals surface area contributed by atoms with Crippen LogP contribution in [-0.4, -0.2) is 13.7 Å². The highest BCUT2D eigenvalue weighted by molar-refractivity contribution is 6.32. The van der Waals surface area contributed by atoms with E-state index in [9.17, 15) is 0 Å². The third-order valence-corrected chi connectivity index (χ3v) is 4.65. The van der Waals surface area contributed by atoms with Crippen LogP contribution in [0.25, 0.3) is 0 Å². The summed E-state index contributed by atoms with van der Waals surface area (Å²) in [5, 5.41) is 4.29. The van der Waals surface area contributed by atoms with E-state index in [4.69, 9.17) is 16.3 Å².